The van der Waals surface area contributed by atoms with E-state index < -0.39 is 0 Å². The molecule has 0 N–H and O–H groups in total. The molecule has 2 heteroatoms. The number of anilines is 2. The van der Waals surface area contributed by atoms with E-state index in [1.54, 1.807) is 12.1 Å². The van der Waals surface area contributed by atoms with Crippen molar-refractivity contribution < 1.29 is 4.79 Å². The fourth-order valence-corrected chi connectivity index (χ4v) is 3.09. The van der Waals surface area contributed by atoms with Gasteiger partial charge in [-0.2, -0.15) is 0 Å². The number of carbonyl (C=O) groups excluding carboxylic acids is 1. The van der Waals surface area contributed by atoms with E-state index in [2.05, 4.69) is 77.4 Å². The maximum absolute atomic E-state index is 10.8. The molecule has 0 unspecified atom stereocenters. The second-order valence-electron chi connectivity index (χ2n) is 6.08. The van der Waals surface area contributed by atoms with Crippen molar-refractivity contribution >= 4 is 29.8 Å². The molecule has 1 aliphatic rings. The van der Waals surface area contributed by atoms with Crippen molar-refractivity contribution in [2.24, 2.45) is 0 Å². The summed E-state index contributed by atoms with van der Waals surface area (Å²) in [5.74, 6) is 6.48. The summed E-state index contributed by atoms with van der Waals surface area (Å²) in [6.45, 7) is 0.588. The number of aldehydes is 1. The van der Waals surface area contributed by atoms with Crippen LogP contribution in [0.3, 0.4) is 0 Å². The summed E-state index contributed by atoms with van der Waals surface area (Å²) in [4.78, 5) is 13.0. The van der Waals surface area contributed by atoms with Crippen molar-refractivity contribution in [3.8, 4) is 11.8 Å². The predicted octanol–water partition coefficient (Wildman–Crippen LogP) is 5.17. The third-order valence-electron chi connectivity index (χ3n) is 4.41. The van der Waals surface area contributed by atoms with Crippen molar-refractivity contribution in [2.75, 3.05) is 11.4 Å². The fraction of sp³-hybridized carbons (Fsp3) is 0.0417. The van der Waals surface area contributed by atoms with Crippen LogP contribution in [0.25, 0.3) is 12.2 Å². The van der Waals surface area contributed by atoms with Crippen LogP contribution in [0.2, 0.25) is 0 Å². The molecular formula is C24H17NO. The highest BCUT2D eigenvalue weighted by atomic mass is 16.1. The highest BCUT2D eigenvalue weighted by molar-refractivity contribution is 5.88. The molecule has 4 rings (SSSR count). The summed E-state index contributed by atoms with van der Waals surface area (Å²) in [6, 6.07) is 24.0. The molecule has 0 amide bonds. The van der Waals surface area contributed by atoms with Crippen LogP contribution in [0.5, 0.6) is 0 Å². The molecule has 3 aromatic rings. The highest BCUT2D eigenvalue weighted by Gasteiger charge is 2.16. The van der Waals surface area contributed by atoms with E-state index in [1.165, 1.54) is 11.1 Å². The summed E-state index contributed by atoms with van der Waals surface area (Å²) in [5, 5.41) is 0. The lowest BCUT2D eigenvalue weighted by Gasteiger charge is -2.24. The zero-order valence-corrected chi connectivity index (χ0v) is 14.2. The van der Waals surface area contributed by atoms with Crippen LogP contribution in [-0.2, 0) is 0 Å². The number of nitrogens with zero attached hydrogens (tertiary/aromatic N) is 1. The normalized spacial score (nSPS) is 11.6. The molecule has 0 atom stereocenters. The molecule has 1 heterocycles. The van der Waals surface area contributed by atoms with Crippen molar-refractivity contribution in [3.05, 3.63) is 95.1 Å². The molecular weight excluding hydrogens is 318 g/mol. The van der Waals surface area contributed by atoms with Crippen LogP contribution in [0.15, 0.2) is 72.8 Å². The maximum Gasteiger partial charge on any atom is 0.150 e. The van der Waals surface area contributed by atoms with Gasteiger partial charge < -0.3 is 4.90 Å². The Kier molecular flexibility index (Phi) is 4.37. The van der Waals surface area contributed by atoms with Crippen LogP contribution in [0, 0.1) is 11.8 Å². The second kappa shape index (κ2) is 7.13. The molecule has 0 radical (unpaired) electrons. The first-order chi connectivity index (χ1) is 12.8. The molecule has 0 aromatic heterocycles. The zero-order chi connectivity index (χ0) is 17.8. The van der Waals surface area contributed by atoms with Gasteiger partial charge in [-0.3, -0.25) is 4.79 Å². The average Bonchev–Trinajstić information content (AvgIpc) is 2.86. The van der Waals surface area contributed by atoms with Gasteiger partial charge in [0.1, 0.15) is 6.29 Å². The molecule has 26 heavy (non-hydrogen) atoms. The molecule has 0 fully saturated rings. The second-order valence-corrected chi connectivity index (χ2v) is 6.08. The molecule has 0 saturated heterocycles. The van der Waals surface area contributed by atoms with Gasteiger partial charge in [-0.05, 0) is 35.4 Å². The number of hydrogen-bond donors (Lipinski definition) is 0. The monoisotopic (exact) mass is 335 g/mol. The molecule has 1 aliphatic heterocycles. The van der Waals surface area contributed by atoms with Gasteiger partial charge in [0.2, 0.25) is 0 Å². The van der Waals surface area contributed by atoms with Crippen LogP contribution in [-0.4, -0.2) is 12.8 Å². The van der Waals surface area contributed by atoms with E-state index >= 15 is 0 Å². The first-order valence-corrected chi connectivity index (χ1v) is 8.53. The first-order valence-electron chi connectivity index (χ1n) is 8.53. The van der Waals surface area contributed by atoms with Gasteiger partial charge in [-0.25, -0.2) is 0 Å². The van der Waals surface area contributed by atoms with E-state index in [0.717, 1.165) is 23.2 Å². The Balaban J connectivity index is 1.68. The summed E-state index contributed by atoms with van der Waals surface area (Å²) in [6.07, 6.45) is 5.15. The van der Waals surface area contributed by atoms with Gasteiger partial charge in [-0.15, -0.1) is 0 Å². The van der Waals surface area contributed by atoms with Gasteiger partial charge in [0.15, 0.2) is 0 Å². The van der Waals surface area contributed by atoms with Gasteiger partial charge in [0, 0.05) is 22.5 Å². The van der Waals surface area contributed by atoms with Gasteiger partial charge in [0.05, 0.1) is 6.54 Å². The largest absolute Gasteiger partial charge is 0.329 e. The lowest BCUT2D eigenvalue weighted by molar-refractivity contribution is 0.112. The van der Waals surface area contributed by atoms with Crippen molar-refractivity contribution in [2.45, 2.75) is 0 Å². The third-order valence-corrected chi connectivity index (χ3v) is 4.41. The summed E-state index contributed by atoms with van der Waals surface area (Å²) >= 11 is 0. The molecule has 3 aromatic carbocycles. The standard InChI is InChI=1S/C24H17NO/c26-18-20-13-11-19(12-14-20)6-5-17-25-23-9-3-1-7-21(23)15-16-22-8-2-4-10-24(22)25/h1-4,7-16,18H,17H2. The number of para-hydroxylation sites is 2. The molecule has 0 saturated carbocycles. The number of benzene rings is 3. The first kappa shape index (κ1) is 15.9. The van der Waals surface area contributed by atoms with Gasteiger partial charge >= 0.3 is 0 Å². The van der Waals surface area contributed by atoms with Crippen LogP contribution >= 0.6 is 0 Å². The quantitative estimate of drug-likeness (QED) is 0.475. The molecule has 2 nitrogen and oxygen atoms in total. The molecule has 0 bridgehead atoms. The SMILES string of the molecule is O=Cc1ccc(C#CCN2c3ccccc3C=Cc3ccccc32)cc1. The average molecular weight is 335 g/mol. The maximum atomic E-state index is 10.8. The number of fused-ring (bicyclic) bond motifs is 2. The minimum absolute atomic E-state index is 0.588. The third kappa shape index (κ3) is 3.16. The lowest BCUT2D eigenvalue weighted by Crippen LogP contribution is -2.18. The van der Waals surface area contributed by atoms with E-state index in [-0.39, 0.29) is 0 Å². The summed E-state index contributed by atoms with van der Waals surface area (Å²) in [7, 11) is 0. The minimum atomic E-state index is 0.588. The van der Waals surface area contributed by atoms with Gasteiger partial charge in [-0.1, -0.05) is 72.5 Å². The lowest BCUT2D eigenvalue weighted by atomic mass is 10.1. The van der Waals surface area contributed by atoms with Crippen LogP contribution in [0.4, 0.5) is 11.4 Å². The Bertz CT molecular complexity index is 986. The smallest absolute Gasteiger partial charge is 0.150 e. The fourth-order valence-electron chi connectivity index (χ4n) is 3.09. The molecule has 0 spiro atoms. The number of carbonyl (C=O) groups is 1. The van der Waals surface area contributed by atoms with Crippen LogP contribution in [0.1, 0.15) is 27.0 Å². The molecule has 124 valence electrons. The Morgan fingerprint density at radius 1 is 0.769 bits per heavy atom. The minimum Gasteiger partial charge on any atom is -0.329 e. The van der Waals surface area contributed by atoms with E-state index in [9.17, 15) is 4.79 Å². The Morgan fingerprint density at radius 3 is 1.92 bits per heavy atom. The van der Waals surface area contributed by atoms with Crippen molar-refractivity contribution in [3.63, 3.8) is 0 Å². The Hall–Kier alpha value is -3.57. The predicted molar refractivity (Wildman–Crippen MR) is 108 cm³/mol. The van der Waals surface area contributed by atoms with Gasteiger partial charge in [0.25, 0.3) is 0 Å². The van der Waals surface area contributed by atoms with Crippen molar-refractivity contribution in [1.29, 1.82) is 0 Å². The topological polar surface area (TPSA) is 20.3 Å². The summed E-state index contributed by atoms with van der Waals surface area (Å²) in [5.41, 5.74) is 6.24. The summed E-state index contributed by atoms with van der Waals surface area (Å²) < 4.78 is 0. The Labute approximate surface area is 153 Å². The Morgan fingerprint density at radius 2 is 1.35 bits per heavy atom. The van der Waals surface area contributed by atoms with E-state index in [1.807, 2.05) is 12.1 Å². The van der Waals surface area contributed by atoms with E-state index in [0.29, 0.717) is 12.1 Å². The van der Waals surface area contributed by atoms with Crippen LogP contribution < -0.4 is 4.90 Å². The highest BCUT2D eigenvalue weighted by Crippen LogP contribution is 2.35. The molecule has 0 aliphatic carbocycles. The van der Waals surface area contributed by atoms with Crippen molar-refractivity contribution in [1.82, 2.24) is 0 Å². The zero-order valence-electron chi connectivity index (χ0n) is 14.2. The number of rotatable bonds is 2. The number of hydrogen-bond acceptors (Lipinski definition) is 2. The van der Waals surface area contributed by atoms with E-state index in [4.69, 9.17) is 0 Å².